The lowest BCUT2D eigenvalue weighted by Crippen LogP contribution is -2.05. The zero-order chi connectivity index (χ0) is 18.6. The molecule has 1 aliphatic heterocycles. The minimum absolute atomic E-state index is 0.227. The summed E-state index contributed by atoms with van der Waals surface area (Å²) in [4.78, 5) is 8.46. The molecule has 1 aromatic heterocycles. The molecule has 4 N–H and O–H groups in total. The summed E-state index contributed by atoms with van der Waals surface area (Å²) in [6.45, 7) is 2.80. The van der Waals surface area contributed by atoms with Crippen molar-refractivity contribution in [2.24, 2.45) is 0 Å². The van der Waals surface area contributed by atoms with Crippen LogP contribution in [0.15, 0.2) is 48.8 Å². The minimum atomic E-state index is 0.227. The third kappa shape index (κ3) is 3.64. The molecule has 0 atom stereocenters. The smallest absolute Gasteiger partial charge is 0.231 e. The third-order valence-electron chi connectivity index (χ3n) is 3.95. The fourth-order valence-corrected chi connectivity index (χ4v) is 2.64. The molecular formula is C19H19N5O3. The molecule has 8 heteroatoms. The van der Waals surface area contributed by atoms with Crippen LogP contribution in [-0.2, 0) is 0 Å². The van der Waals surface area contributed by atoms with Crippen LogP contribution in [0.5, 0.6) is 17.2 Å². The first-order valence-electron chi connectivity index (χ1n) is 8.50. The van der Waals surface area contributed by atoms with Crippen molar-refractivity contribution in [1.82, 2.24) is 9.97 Å². The van der Waals surface area contributed by atoms with Gasteiger partial charge in [-0.05, 0) is 43.3 Å². The van der Waals surface area contributed by atoms with E-state index < -0.39 is 0 Å². The fourth-order valence-electron chi connectivity index (χ4n) is 2.64. The molecule has 0 unspecified atom stereocenters. The van der Waals surface area contributed by atoms with Crippen molar-refractivity contribution in [3.63, 3.8) is 0 Å². The van der Waals surface area contributed by atoms with Gasteiger partial charge in [-0.3, -0.25) is 0 Å². The molecule has 0 fully saturated rings. The molecule has 8 nitrogen and oxygen atoms in total. The number of nitrogen functional groups attached to an aromatic ring is 1. The van der Waals surface area contributed by atoms with E-state index in [1.807, 2.05) is 49.4 Å². The number of anilines is 5. The second kappa shape index (κ2) is 7.28. The molecule has 0 amide bonds. The fraction of sp³-hybridized carbons (Fsp3) is 0.158. The molecule has 2 heterocycles. The van der Waals surface area contributed by atoms with Gasteiger partial charge < -0.3 is 30.6 Å². The highest BCUT2D eigenvalue weighted by Gasteiger charge is 2.15. The Morgan fingerprint density at radius 1 is 0.963 bits per heavy atom. The first-order valence-corrected chi connectivity index (χ1v) is 8.50. The number of fused-ring (bicyclic) bond motifs is 1. The molecule has 0 saturated heterocycles. The van der Waals surface area contributed by atoms with Crippen molar-refractivity contribution in [1.29, 1.82) is 0 Å². The summed E-state index contributed by atoms with van der Waals surface area (Å²) in [7, 11) is 0. The van der Waals surface area contributed by atoms with Gasteiger partial charge in [-0.2, -0.15) is 0 Å². The van der Waals surface area contributed by atoms with Gasteiger partial charge >= 0.3 is 0 Å². The highest BCUT2D eigenvalue weighted by Crippen LogP contribution is 2.36. The topological polar surface area (TPSA) is 104 Å². The van der Waals surface area contributed by atoms with Crippen molar-refractivity contribution < 1.29 is 14.2 Å². The number of nitrogens with one attached hydrogen (secondary N) is 2. The Kier molecular flexibility index (Phi) is 4.52. The van der Waals surface area contributed by atoms with Crippen LogP contribution in [-0.4, -0.2) is 23.4 Å². The standard InChI is InChI=1S/C19H19N5O3/c1-2-25-14-6-3-12(4-7-14)23-18-17(20)19(22-10-21-18)24-13-5-8-15-16(9-13)27-11-26-15/h3-10H,2,11,20H2,1H3,(H2,21,22,23,24). The molecule has 138 valence electrons. The lowest BCUT2D eigenvalue weighted by atomic mass is 10.2. The molecule has 1 aliphatic rings. The summed E-state index contributed by atoms with van der Waals surface area (Å²) >= 11 is 0. The average Bonchev–Trinajstić information content (AvgIpc) is 3.14. The average molecular weight is 365 g/mol. The van der Waals surface area contributed by atoms with Gasteiger partial charge in [0.25, 0.3) is 0 Å². The van der Waals surface area contributed by atoms with Crippen LogP contribution in [0, 0.1) is 0 Å². The Labute approximate surface area is 156 Å². The van der Waals surface area contributed by atoms with Crippen molar-refractivity contribution in [3.05, 3.63) is 48.8 Å². The van der Waals surface area contributed by atoms with E-state index in [1.54, 1.807) is 0 Å². The lowest BCUT2D eigenvalue weighted by Gasteiger charge is -2.13. The molecular weight excluding hydrogens is 346 g/mol. The second-order valence-corrected chi connectivity index (χ2v) is 5.76. The molecule has 3 aromatic rings. The number of nitrogens with two attached hydrogens (primary N) is 1. The predicted octanol–water partition coefficient (Wildman–Crippen LogP) is 3.67. The van der Waals surface area contributed by atoms with Crippen LogP contribution < -0.4 is 30.6 Å². The second-order valence-electron chi connectivity index (χ2n) is 5.76. The van der Waals surface area contributed by atoms with Crippen molar-refractivity contribution in [3.8, 4) is 17.2 Å². The molecule has 27 heavy (non-hydrogen) atoms. The minimum Gasteiger partial charge on any atom is -0.494 e. The maximum atomic E-state index is 6.24. The maximum absolute atomic E-state index is 6.24. The van der Waals surface area contributed by atoms with E-state index in [1.165, 1.54) is 6.33 Å². The number of aromatic nitrogens is 2. The Bertz CT molecular complexity index is 947. The zero-order valence-electron chi connectivity index (χ0n) is 14.7. The summed E-state index contributed by atoms with van der Waals surface area (Å²) in [5.41, 5.74) is 8.28. The van der Waals surface area contributed by atoms with E-state index in [2.05, 4.69) is 20.6 Å². The van der Waals surface area contributed by atoms with Gasteiger partial charge in [-0.1, -0.05) is 0 Å². The van der Waals surface area contributed by atoms with Gasteiger partial charge in [0.15, 0.2) is 23.1 Å². The molecule has 0 bridgehead atoms. The highest BCUT2D eigenvalue weighted by molar-refractivity contribution is 5.80. The predicted molar refractivity (Wildman–Crippen MR) is 103 cm³/mol. The van der Waals surface area contributed by atoms with E-state index in [0.717, 1.165) is 17.1 Å². The van der Waals surface area contributed by atoms with Gasteiger partial charge in [0.2, 0.25) is 6.79 Å². The van der Waals surface area contributed by atoms with Gasteiger partial charge in [0.05, 0.1) is 6.61 Å². The lowest BCUT2D eigenvalue weighted by molar-refractivity contribution is 0.174. The van der Waals surface area contributed by atoms with E-state index in [-0.39, 0.29) is 6.79 Å². The third-order valence-corrected chi connectivity index (χ3v) is 3.95. The van der Waals surface area contributed by atoms with Crippen LogP contribution in [0.25, 0.3) is 0 Å². The number of benzene rings is 2. The van der Waals surface area contributed by atoms with Crippen LogP contribution >= 0.6 is 0 Å². The van der Waals surface area contributed by atoms with E-state index in [9.17, 15) is 0 Å². The Hall–Kier alpha value is -3.68. The maximum Gasteiger partial charge on any atom is 0.231 e. The van der Waals surface area contributed by atoms with Crippen LogP contribution in [0.1, 0.15) is 6.92 Å². The number of hydrogen-bond acceptors (Lipinski definition) is 8. The molecule has 0 saturated carbocycles. The summed E-state index contributed by atoms with van der Waals surface area (Å²) < 4.78 is 16.1. The van der Waals surface area contributed by atoms with E-state index in [4.69, 9.17) is 19.9 Å². The van der Waals surface area contributed by atoms with Crippen LogP contribution in [0.2, 0.25) is 0 Å². The molecule has 0 spiro atoms. The largest absolute Gasteiger partial charge is 0.494 e. The number of rotatable bonds is 6. The van der Waals surface area contributed by atoms with Crippen LogP contribution in [0.3, 0.4) is 0 Å². The van der Waals surface area contributed by atoms with E-state index in [0.29, 0.717) is 35.4 Å². The van der Waals surface area contributed by atoms with Crippen molar-refractivity contribution >= 4 is 28.7 Å². The Balaban J connectivity index is 1.52. The summed E-state index contributed by atoms with van der Waals surface area (Å²) in [5, 5.41) is 6.38. The highest BCUT2D eigenvalue weighted by atomic mass is 16.7. The van der Waals surface area contributed by atoms with Gasteiger partial charge in [-0.25, -0.2) is 9.97 Å². The quantitative estimate of drug-likeness (QED) is 0.608. The first kappa shape index (κ1) is 16.8. The Morgan fingerprint density at radius 3 is 2.37 bits per heavy atom. The number of ether oxygens (including phenoxy) is 3. The SMILES string of the molecule is CCOc1ccc(Nc2ncnc(Nc3ccc4c(c3)OCO4)c2N)cc1. The number of nitrogens with zero attached hydrogens (tertiary/aromatic N) is 2. The number of hydrogen-bond donors (Lipinski definition) is 3. The molecule has 4 rings (SSSR count). The first-order chi connectivity index (χ1) is 13.2. The van der Waals surface area contributed by atoms with Gasteiger partial charge in [0.1, 0.15) is 17.8 Å². The normalized spacial score (nSPS) is 11.9. The molecule has 2 aromatic carbocycles. The Morgan fingerprint density at radius 2 is 1.63 bits per heavy atom. The zero-order valence-corrected chi connectivity index (χ0v) is 14.7. The monoisotopic (exact) mass is 365 g/mol. The summed E-state index contributed by atoms with van der Waals surface area (Å²) in [5.74, 6) is 3.22. The van der Waals surface area contributed by atoms with Crippen molar-refractivity contribution in [2.75, 3.05) is 29.8 Å². The summed E-state index contributed by atoms with van der Waals surface area (Å²) in [6, 6.07) is 13.1. The molecule has 0 aliphatic carbocycles. The van der Waals surface area contributed by atoms with Gasteiger partial charge in [0, 0.05) is 17.4 Å². The van der Waals surface area contributed by atoms with Crippen molar-refractivity contribution in [2.45, 2.75) is 6.92 Å². The molecule has 0 radical (unpaired) electrons. The van der Waals surface area contributed by atoms with Gasteiger partial charge in [-0.15, -0.1) is 0 Å². The van der Waals surface area contributed by atoms with Crippen LogP contribution in [0.4, 0.5) is 28.7 Å². The van der Waals surface area contributed by atoms with E-state index >= 15 is 0 Å². The summed E-state index contributed by atoms with van der Waals surface area (Å²) in [6.07, 6.45) is 1.45.